The van der Waals surface area contributed by atoms with Crippen LogP contribution < -0.4 is 5.32 Å². The number of hydrogen-bond donors (Lipinski definition) is 1. The zero-order valence-corrected chi connectivity index (χ0v) is 10.3. The third kappa shape index (κ3) is 2.36. The Hall–Kier alpha value is -2.25. The number of amides is 1. The molecule has 0 saturated carbocycles. The van der Waals surface area contributed by atoms with Gasteiger partial charge in [-0.05, 0) is 31.2 Å². The average Bonchev–Trinajstić information content (AvgIpc) is 2.78. The molecule has 2 rings (SSSR count). The highest BCUT2D eigenvalue weighted by Crippen LogP contribution is 2.23. The monoisotopic (exact) mass is 260 g/mol. The Balaban J connectivity index is 2.27. The van der Waals surface area contributed by atoms with Gasteiger partial charge in [-0.2, -0.15) is 5.26 Å². The van der Waals surface area contributed by atoms with Gasteiger partial charge in [0.1, 0.15) is 0 Å². The third-order valence-corrected chi connectivity index (χ3v) is 2.74. The van der Waals surface area contributed by atoms with Crippen molar-refractivity contribution in [2.45, 2.75) is 6.92 Å². The summed E-state index contributed by atoms with van der Waals surface area (Å²) in [5, 5.41) is 11.8. The van der Waals surface area contributed by atoms with Crippen LogP contribution in [-0.2, 0) is 0 Å². The Kier molecular flexibility index (Phi) is 3.35. The van der Waals surface area contributed by atoms with Crippen LogP contribution in [0.1, 0.15) is 21.7 Å². The molecule has 1 aromatic carbocycles. The third-order valence-electron chi connectivity index (χ3n) is 2.41. The molecule has 0 radical (unpaired) electrons. The molecule has 0 aliphatic heterocycles. The van der Waals surface area contributed by atoms with Crippen molar-refractivity contribution in [1.82, 2.24) is 0 Å². The molecule has 0 fully saturated rings. The minimum absolute atomic E-state index is 0.230. The summed E-state index contributed by atoms with van der Waals surface area (Å²) in [6.07, 6.45) is 1.44. The number of nitriles is 1. The van der Waals surface area contributed by atoms with Crippen LogP contribution in [0.25, 0.3) is 0 Å². The van der Waals surface area contributed by atoms with E-state index in [1.165, 1.54) is 12.3 Å². The van der Waals surface area contributed by atoms with Crippen LogP contribution >= 0.6 is 11.6 Å². The van der Waals surface area contributed by atoms with E-state index < -0.39 is 5.91 Å². The number of furan rings is 1. The molecule has 0 saturated heterocycles. The van der Waals surface area contributed by atoms with Crippen molar-refractivity contribution >= 4 is 23.2 Å². The number of benzene rings is 1. The van der Waals surface area contributed by atoms with Crippen molar-refractivity contribution in [2.75, 3.05) is 5.32 Å². The van der Waals surface area contributed by atoms with Gasteiger partial charge in [0.25, 0.3) is 5.91 Å². The molecule has 2 aromatic rings. The maximum Gasteiger partial charge on any atom is 0.291 e. The fourth-order valence-corrected chi connectivity index (χ4v) is 1.64. The van der Waals surface area contributed by atoms with E-state index >= 15 is 0 Å². The van der Waals surface area contributed by atoms with E-state index in [1.807, 2.05) is 6.07 Å². The molecule has 0 aliphatic rings. The van der Waals surface area contributed by atoms with Crippen LogP contribution in [0.15, 0.2) is 34.9 Å². The molecule has 4 nitrogen and oxygen atoms in total. The minimum atomic E-state index is -0.394. The van der Waals surface area contributed by atoms with Crippen LogP contribution in [0.4, 0.5) is 5.69 Å². The second-order valence-corrected chi connectivity index (χ2v) is 4.10. The summed E-state index contributed by atoms with van der Waals surface area (Å²) in [4.78, 5) is 11.9. The van der Waals surface area contributed by atoms with Crippen molar-refractivity contribution in [3.8, 4) is 6.07 Å². The Morgan fingerprint density at radius 3 is 2.83 bits per heavy atom. The topological polar surface area (TPSA) is 66.0 Å². The number of nitrogens with zero attached hydrogens (tertiary/aromatic N) is 1. The molecule has 1 N–H and O–H groups in total. The maximum absolute atomic E-state index is 11.9. The quantitative estimate of drug-likeness (QED) is 0.900. The molecule has 1 heterocycles. The molecule has 5 heteroatoms. The van der Waals surface area contributed by atoms with Gasteiger partial charge in [0.2, 0.25) is 0 Å². The molecule has 1 amide bonds. The van der Waals surface area contributed by atoms with Gasteiger partial charge in [0.05, 0.1) is 28.6 Å². The molecule has 0 unspecified atom stereocenters. The molecule has 90 valence electrons. The molecular formula is C13H9ClN2O2. The molecular weight excluding hydrogens is 252 g/mol. The van der Waals surface area contributed by atoms with Gasteiger partial charge in [0.15, 0.2) is 5.76 Å². The van der Waals surface area contributed by atoms with Crippen molar-refractivity contribution in [3.63, 3.8) is 0 Å². The number of anilines is 1. The summed E-state index contributed by atoms with van der Waals surface area (Å²) in [5.41, 5.74) is 1.54. The van der Waals surface area contributed by atoms with E-state index in [0.29, 0.717) is 16.3 Å². The summed E-state index contributed by atoms with van der Waals surface area (Å²) >= 11 is 5.94. The number of nitrogens with one attached hydrogen (secondary N) is 1. The lowest BCUT2D eigenvalue weighted by Gasteiger charge is -2.06. The normalized spacial score (nSPS) is 9.83. The van der Waals surface area contributed by atoms with Crippen LogP contribution in [0.5, 0.6) is 0 Å². The summed E-state index contributed by atoms with van der Waals surface area (Å²) < 4.78 is 5.07. The Morgan fingerprint density at radius 1 is 1.44 bits per heavy atom. The lowest BCUT2D eigenvalue weighted by Crippen LogP contribution is -2.12. The molecule has 0 spiro atoms. The molecule has 0 bridgehead atoms. The standard InChI is InChI=1S/C13H9ClN2O2/c1-8-4-5-18-12(8)13(17)16-11-6-9(7-15)2-3-10(11)14/h2-6H,1H3,(H,16,17). The largest absolute Gasteiger partial charge is 0.459 e. The van der Waals surface area contributed by atoms with Gasteiger partial charge in [-0.25, -0.2) is 0 Å². The number of hydrogen-bond acceptors (Lipinski definition) is 3. The highest BCUT2D eigenvalue weighted by molar-refractivity contribution is 6.34. The Labute approximate surface area is 109 Å². The first-order valence-corrected chi connectivity index (χ1v) is 5.54. The predicted molar refractivity (Wildman–Crippen MR) is 67.6 cm³/mol. The van der Waals surface area contributed by atoms with Crippen LogP contribution in [-0.4, -0.2) is 5.91 Å². The van der Waals surface area contributed by atoms with Gasteiger partial charge in [-0.3, -0.25) is 4.79 Å². The summed E-state index contributed by atoms with van der Waals surface area (Å²) in [5.74, 6) is -0.164. The first kappa shape index (κ1) is 12.2. The summed E-state index contributed by atoms with van der Waals surface area (Å²) in [7, 11) is 0. The molecule has 0 atom stereocenters. The van der Waals surface area contributed by atoms with Gasteiger partial charge >= 0.3 is 0 Å². The summed E-state index contributed by atoms with van der Waals surface area (Å²) in [6.45, 7) is 1.77. The van der Waals surface area contributed by atoms with Crippen molar-refractivity contribution in [3.05, 3.63) is 52.4 Å². The molecule has 18 heavy (non-hydrogen) atoms. The van der Waals surface area contributed by atoms with E-state index in [-0.39, 0.29) is 5.76 Å². The average molecular weight is 261 g/mol. The number of carbonyl (C=O) groups is 1. The van der Waals surface area contributed by atoms with Gasteiger partial charge in [-0.15, -0.1) is 0 Å². The van der Waals surface area contributed by atoms with Gasteiger partial charge < -0.3 is 9.73 Å². The minimum Gasteiger partial charge on any atom is -0.459 e. The van der Waals surface area contributed by atoms with Gasteiger partial charge in [-0.1, -0.05) is 11.6 Å². The highest BCUT2D eigenvalue weighted by atomic mass is 35.5. The molecule has 0 aliphatic carbocycles. The van der Waals surface area contributed by atoms with Crippen LogP contribution in [0.2, 0.25) is 5.02 Å². The number of carbonyl (C=O) groups excluding carboxylic acids is 1. The predicted octanol–water partition coefficient (Wildman–Crippen LogP) is 3.37. The Morgan fingerprint density at radius 2 is 2.22 bits per heavy atom. The zero-order chi connectivity index (χ0) is 13.1. The zero-order valence-electron chi connectivity index (χ0n) is 9.53. The lowest BCUT2D eigenvalue weighted by atomic mass is 10.2. The lowest BCUT2D eigenvalue weighted by molar-refractivity contribution is 0.0996. The van der Waals surface area contributed by atoms with Crippen molar-refractivity contribution < 1.29 is 9.21 Å². The SMILES string of the molecule is Cc1ccoc1C(=O)Nc1cc(C#N)ccc1Cl. The number of halogens is 1. The van der Waals surface area contributed by atoms with Crippen molar-refractivity contribution in [1.29, 1.82) is 5.26 Å². The second kappa shape index (κ2) is 4.94. The number of rotatable bonds is 2. The van der Waals surface area contributed by atoms with E-state index in [1.54, 1.807) is 25.1 Å². The van der Waals surface area contributed by atoms with E-state index in [4.69, 9.17) is 21.3 Å². The van der Waals surface area contributed by atoms with Gasteiger partial charge in [0, 0.05) is 5.56 Å². The first-order chi connectivity index (χ1) is 8.61. The number of aryl methyl sites for hydroxylation is 1. The van der Waals surface area contributed by atoms with Crippen molar-refractivity contribution in [2.24, 2.45) is 0 Å². The fraction of sp³-hybridized carbons (Fsp3) is 0.0769. The molecule has 1 aromatic heterocycles. The van der Waals surface area contributed by atoms with E-state index in [2.05, 4.69) is 5.32 Å². The van der Waals surface area contributed by atoms with Crippen LogP contribution in [0, 0.1) is 18.3 Å². The smallest absolute Gasteiger partial charge is 0.291 e. The van der Waals surface area contributed by atoms with E-state index in [0.717, 1.165) is 5.56 Å². The second-order valence-electron chi connectivity index (χ2n) is 3.69. The first-order valence-electron chi connectivity index (χ1n) is 5.17. The Bertz CT molecular complexity index is 641. The highest BCUT2D eigenvalue weighted by Gasteiger charge is 2.14. The fourth-order valence-electron chi connectivity index (χ4n) is 1.48. The van der Waals surface area contributed by atoms with Crippen LogP contribution in [0.3, 0.4) is 0 Å². The maximum atomic E-state index is 11.9. The summed E-state index contributed by atoms with van der Waals surface area (Å²) in [6, 6.07) is 8.33. The van der Waals surface area contributed by atoms with E-state index in [9.17, 15) is 4.79 Å².